The van der Waals surface area contributed by atoms with E-state index in [0.717, 1.165) is 25.7 Å². The first-order valence-corrected chi connectivity index (χ1v) is 8.14. The summed E-state index contributed by atoms with van der Waals surface area (Å²) >= 11 is 6.08. The molecule has 6 nitrogen and oxygen atoms in total. The van der Waals surface area contributed by atoms with Crippen LogP contribution in [0.2, 0.25) is 5.15 Å². The molecule has 1 unspecified atom stereocenters. The van der Waals surface area contributed by atoms with Gasteiger partial charge in [0.2, 0.25) is 0 Å². The lowest BCUT2D eigenvalue weighted by molar-refractivity contribution is -0.150. The Kier molecular flexibility index (Phi) is 5.82. The van der Waals surface area contributed by atoms with Gasteiger partial charge in [-0.15, -0.1) is 0 Å². The van der Waals surface area contributed by atoms with Gasteiger partial charge in [0, 0.05) is 24.7 Å². The van der Waals surface area contributed by atoms with Gasteiger partial charge in [-0.05, 0) is 32.8 Å². The molecular formula is C16H22ClN3O3. The zero-order valence-electron chi connectivity index (χ0n) is 13.6. The maximum Gasteiger partial charge on any atom is 0.331 e. The van der Waals surface area contributed by atoms with Gasteiger partial charge >= 0.3 is 5.97 Å². The number of rotatable bonds is 5. The van der Waals surface area contributed by atoms with Gasteiger partial charge in [-0.2, -0.15) is 5.10 Å². The minimum Gasteiger partial charge on any atom is -0.449 e. The zero-order valence-corrected chi connectivity index (χ0v) is 14.4. The van der Waals surface area contributed by atoms with Crippen molar-refractivity contribution in [1.82, 2.24) is 15.1 Å². The number of ether oxygens (including phenoxy) is 1. The SMILES string of the molecule is Cc1nn(C)c(Cl)c1C=CC(=O)OC(C)C(=O)NC1CCCC1. The van der Waals surface area contributed by atoms with Crippen LogP contribution in [0.4, 0.5) is 0 Å². The molecule has 1 aromatic rings. The number of aromatic nitrogens is 2. The van der Waals surface area contributed by atoms with Crippen LogP contribution in [0.1, 0.15) is 43.9 Å². The first-order chi connectivity index (χ1) is 10.9. The second kappa shape index (κ2) is 7.64. The Balaban J connectivity index is 1.88. The fraction of sp³-hybridized carbons (Fsp3) is 0.562. The van der Waals surface area contributed by atoms with E-state index in [1.165, 1.54) is 10.8 Å². The molecule has 1 saturated carbocycles. The Labute approximate surface area is 140 Å². The Bertz CT molecular complexity index is 618. The zero-order chi connectivity index (χ0) is 17.0. The number of carbonyl (C=O) groups is 2. The van der Waals surface area contributed by atoms with Crippen LogP contribution in [-0.4, -0.2) is 33.8 Å². The molecule has 2 rings (SSSR count). The number of nitrogens with zero attached hydrogens (tertiary/aromatic N) is 2. The van der Waals surface area contributed by atoms with Crippen molar-refractivity contribution in [3.63, 3.8) is 0 Å². The lowest BCUT2D eigenvalue weighted by Gasteiger charge is -2.16. The van der Waals surface area contributed by atoms with Crippen LogP contribution < -0.4 is 5.32 Å². The molecule has 1 heterocycles. The van der Waals surface area contributed by atoms with E-state index in [1.54, 1.807) is 27.0 Å². The summed E-state index contributed by atoms with van der Waals surface area (Å²) in [6, 6.07) is 0.205. The summed E-state index contributed by atoms with van der Waals surface area (Å²) in [7, 11) is 1.72. The molecule has 0 radical (unpaired) electrons. The van der Waals surface area contributed by atoms with E-state index in [9.17, 15) is 9.59 Å². The summed E-state index contributed by atoms with van der Waals surface area (Å²) < 4.78 is 6.65. The Morgan fingerprint density at radius 1 is 1.43 bits per heavy atom. The monoisotopic (exact) mass is 339 g/mol. The summed E-state index contributed by atoms with van der Waals surface area (Å²) in [5.41, 5.74) is 1.38. The van der Waals surface area contributed by atoms with E-state index in [0.29, 0.717) is 16.4 Å². The van der Waals surface area contributed by atoms with E-state index in [4.69, 9.17) is 16.3 Å². The Hall–Kier alpha value is -1.82. The molecule has 1 fully saturated rings. The van der Waals surface area contributed by atoms with Crippen LogP contribution in [0.25, 0.3) is 6.08 Å². The quantitative estimate of drug-likeness (QED) is 0.660. The van der Waals surface area contributed by atoms with E-state index in [2.05, 4.69) is 10.4 Å². The second-order valence-corrected chi connectivity index (χ2v) is 6.17. The van der Waals surface area contributed by atoms with Crippen LogP contribution in [0.3, 0.4) is 0 Å². The highest BCUT2D eigenvalue weighted by atomic mass is 35.5. The first kappa shape index (κ1) is 17.5. The summed E-state index contributed by atoms with van der Waals surface area (Å²) in [6.07, 6.45) is 6.23. The third kappa shape index (κ3) is 4.58. The standard InChI is InChI=1S/C16H22ClN3O3/c1-10-13(15(17)20(3)19-10)8-9-14(21)23-11(2)16(22)18-12-6-4-5-7-12/h8-9,11-12H,4-7H2,1-3H3,(H,18,22). The number of halogens is 1. The molecule has 1 aromatic heterocycles. The highest BCUT2D eigenvalue weighted by Gasteiger charge is 2.22. The van der Waals surface area contributed by atoms with E-state index in [-0.39, 0.29) is 11.9 Å². The van der Waals surface area contributed by atoms with Gasteiger partial charge in [0.25, 0.3) is 5.91 Å². The minimum absolute atomic E-state index is 0.205. The van der Waals surface area contributed by atoms with Crippen LogP contribution >= 0.6 is 11.6 Å². The van der Waals surface area contributed by atoms with Crippen LogP contribution in [0.5, 0.6) is 0 Å². The molecule has 0 bridgehead atoms. The molecule has 0 spiro atoms. The number of hydrogen-bond acceptors (Lipinski definition) is 4. The van der Waals surface area contributed by atoms with Gasteiger partial charge in [0.1, 0.15) is 5.15 Å². The lowest BCUT2D eigenvalue weighted by atomic mass is 10.2. The smallest absolute Gasteiger partial charge is 0.331 e. The molecule has 23 heavy (non-hydrogen) atoms. The highest BCUT2D eigenvalue weighted by molar-refractivity contribution is 6.31. The fourth-order valence-corrected chi connectivity index (χ4v) is 2.88. The molecule has 1 amide bonds. The van der Waals surface area contributed by atoms with Gasteiger partial charge in [-0.3, -0.25) is 9.48 Å². The third-order valence-electron chi connectivity index (χ3n) is 3.95. The molecule has 7 heteroatoms. The summed E-state index contributed by atoms with van der Waals surface area (Å²) in [6.45, 7) is 3.37. The summed E-state index contributed by atoms with van der Waals surface area (Å²) in [5.74, 6) is -0.840. The van der Waals surface area contributed by atoms with Crippen molar-refractivity contribution in [2.45, 2.75) is 51.7 Å². The third-order valence-corrected chi connectivity index (χ3v) is 4.39. The molecule has 0 saturated heterocycles. The number of aryl methyl sites for hydroxylation is 2. The Morgan fingerprint density at radius 3 is 2.65 bits per heavy atom. The van der Waals surface area contributed by atoms with Crippen molar-refractivity contribution < 1.29 is 14.3 Å². The number of hydrogen-bond donors (Lipinski definition) is 1. The van der Waals surface area contributed by atoms with E-state index in [1.807, 2.05) is 0 Å². The van der Waals surface area contributed by atoms with Crippen molar-refractivity contribution in [2.24, 2.45) is 7.05 Å². The maximum atomic E-state index is 12.0. The number of amides is 1. The topological polar surface area (TPSA) is 73.2 Å². The predicted octanol–water partition coefficient (Wildman–Crippen LogP) is 2.39. The molecule has 0 aliphatic heterocycles. The Morgan fingerprint density at radius 2 is 2.09 bits per heavy atom. The first-order valence-electron chi connectivity index (χ1n) is 7.76. The van der Waals surface area contributed by atoms with Gasteiger partial charge < -0.3 is 10.1 Å². The number of carbonyl (C=O) groups excluding carboxylic acids is 2. The fourth-order valence-electron chi connectivity index (χ4n) is 2.64. The number of nitrogens with one attached hydrogen (secondary N) is 1. The highest BCUT2D eigenvalue weighted by Crippen LogP contribution is 2.20. The van der Waals surface area contributed by atoms with Crippen LogP contribution in [-0.2, 0) is 21.4 Å². The molecule has 1 aliphatic rings. The largest absolute Gasteiger partial charge is 0.449 e. The molecule has 1 N–H and O–H groups in total. The van der Waals surface area contributed by atoms with E-state index >= 15 is 0 Å². The van der Waals surface area contributed by atoms with Gasteiger partial charge in [-0.25, -0.2) is 4.79 Å². The number of esters is 1. The van der Waals surface area contributed by atoms with Crippen molar-refractivity contribution >= 4 is 29.6 Å². The van der Waals surface area contributed by atoms with Gasteiger partial charge in [0.05, 0.1) is 5.69 Å². The molecular weight excluding hydrogens is 318 g/mol. The average molecular weight is 340 g/mol. The van der Waals surface area contributed by atoms with Crippen LogP contribution in [0, 0.1) is 6.92 Å². The van der Waals surface area contributed by atoms with Crippen LogP contribution in [0.15, 0.2) is 6.08 Å². The summed E-state index contributed by atoms with van der Waals surface area (Å²) in [5, 5.41) is 7.50. The average Bonchev–Trinajstić information content (AvgIpc) is 3.07. The molecule has 1 aliphatic carbocycles. The normalized spacial score (nSPS) is 16.7. The van der Waals surface area contributed by atoms with Crippen molar-refractivity contribution in [1.29, 1.82) is 0 Å². The van der Waals surface area contributed by atoms with Gasteiger partial charge in [0.15, 0.2) is 6.10 Å². The van der Waals surface area contributed by atoms with E-state index < -0.39 is 12.1 Å². The second-order valence-electron chi connectivity index (χ2n) is 5.82. The van der Waals surface area contributed by atoms with Gasteiger partial charge in [-0.1, -0.05) is 24.4 Å². The molecule has 126 valence electrons. The van der Waals surface area contributed by atoms with Crippen molar-refractivity contribution in [2.75, 3.05) is 0 Å². The molecule has 1 atom stereocenters. The summed E-state index contributed by atoms with van der Waals surface area (Å²) in [4.78, 5) is 23.8. The van der Waals surface area contributed by atoms with Crippen molar-refractivity contribution in [3.8, 4) is 0 Å². The molecule has 0 aromatic carbocycles. The lowest BCUT2D eigenvalue weighted by Crippen LogP contribution is -2.40. The minimum atomic E-state index is -0.821. The predicted molar refractivity (Wildman–Crippen MR) is 87.9 cm³/mol. The van der Waals surface area contributed by atoms with Crippen molar-refractivity contribution in [3.05, 3.63) is 22.5 Å². The maximum absolute atomic E-state index is 12.0.